The second-order valence-corrected chi connectivity index (χ2v) is 7.32. The monoisotopic (exact) mass is 389 g/mol. The molecule has 1 unspecified atom stereocenters. The van der Waals surface area contributed by atoms with Gasteiger partial charge in [-0.3, -0.25) is 9.79 Å². The van der Waals surface area contributed by atoms with Crippen LogP contribution in [0.5, 0.6) is 0 Å². The van der Waals surface area contributed by atoms with Crippen LogP contribution in [0.1, 0.15) is 12.0 Å². The Labute approximate surface area is 169 Å². The summed E-state index contributed by atoms with van der Waals surface area (Å²) < 4.78 is 5.09. The van der Waals surface area contributed by atoms with Crippen molar-refractivity contribution in [1.29, 1.82) is 0 Å². The lowest BCUT2D eigenvalue weighted by atomic mass is 10.1. The molecule has 1 aliphatic heterocycles. The fraction of sp³-hybridized carbons (Fsp3) is 0.619. The van der Waals surface area contributed by atoms with Crippen LogP contribution in [-0.2, 0) is 16.0 Å². The van der Waals surface area contributed by atoms with Crippen LogP contribution < -0.4 is 10.6 Å². The third-order valence-electron chi connectivity index (χ3n) is 5.05. The van der Waals surface area contributed by atoms with Crippen LogP contribution in [0.2, 0.25) is 0 Å². The molecule has 1 amide bonds. The Bertz CT molecular complexity index is 608. The number of aliphatic imine (C=N–C) groups is 1. The van der Waals surface area contributed by atoms with E-state index in [9.17, 15) is 4.79 Å². The molecule has 28 heavy (non-hydrogen) atoms. The van der Waals surface area contributed by atoms with Crippen molar-refractivity contribution in [1.82, 2.24) is 20.4 Å². The molecule has 156 valence electrons. The van der Waals surface area contributed by atoms with E-state index in [-0.39, 0.29) is 5.91 Å². The molecule has 1 aliphatic rings. The number of rotatable bonds is 11. The van der Waals surface area contributed by atoms with Gasteiger partial charge in [-0.1, -0.05) is 30.3 Å². The summed E-state index contributed by atoms with van der Waals surface area (Å²) in [5.74, 6) is 1.37. The lowest BCUT2D eigenvalue weighted by Crippen LogP contribution is -2.43. The summed E-state index contributed by atoms with van der Waals surface area (Å²) in [6.45, 7) is 5.74. The van der Waals surface area contributed by atoms with E-state index < -0.39 is 0 Å². The fourth-order valence-corrected chi connectivity index (χ4v) is 3.30. The first kappa shape index (κ1) is 22.2. The average Bonchev–Trinajstić information content (AvgIpc) is 3.07. The summed E-state index contributed by atoms with van der Waals surface area (Å²) in [6.07, 6.45) is 1.52. The highest BCUT2D eigenvalue weighted by Gasteiger charge is 2.29. The standard InChI is InChI=1S/C21H35N5O2/c1-22-21(23-10-12-25(2)13-14-28-3)24-16-19-15-20(27)26(17-19)11-9-18-7-5-4-6-8-18/h4-8,19H,9-17H2,1-3H3,(H2,22,23,24). The van der Waals surface area contributed by atoms with E-state index in [2.05, 4.69) is 39.7 Å². The van der Waals surface area contributed by atoms with E-state index in [1.54, 1.807) is 14.2 Å². The molecule has 1 heterocycles. The molecular formula is C21H35N5O2. The van der Waals surface area contributed by atoms with Gasteiger partial charge in [-0.05, 0) is 19.0 Å². The SMILES string of the molecule is CN=C(NCCN(C)CCOC)NCC1CC(=O)N(CCc2ccccc2)C1. The van der Waals surface area contributed by atoms with Crippen LogP contribution >= 0.6 is 0 Å². The van der Waals surface area contributed by atoms with E-state index in [1.807, 2.05) is 23.1 Å². The molecule has 1 atom stereocenters. The Morgan fingerprint density at radius 2 is 2.07 bits per heavy atom. The molecule has 1 saturated heterocycles. The molecule has 1 aromatic rings. The van der Waals surface area contributed by atoms with Crippen molar-refractivity contribution in [2.45, 2.75) is 12.8 Å². The smallest absolute Gasteiger partial charge is 0.223 e. The number of hydrogen-bond donors (Lipinski definition) is 2. The fourth-order valence-electron chi connectivity index (χ4n) is 3.30. The maximum absolute atomic E-state index is 12.3. The third-order valence-corrected chi connectivity index (χ3v) is 5.05. The minimum absolute atomic E-state index is 0.255. The topological polar surface area (TPSA) is 69.2 Å². The highest BCUT2D eigenvalue weighted by Crippen LogP contribution is 2.17. The Kier molecular flexibility index (Phi) is 9.79. The number of likely N-dealkylation sites (N-methyl/N-ethyl adjacent to an activating group) is 1. The summed E-state index contributed by atoms with van der Waals surface area (Å²) >= 11 is 0. The predicted molar refractivity (Wildman–Crippen MR) is 114 cm³/mol. The van der Waals surface area contributed by atoms with Crippen LogP contribution in [0.15, 0.2) is 35.3 Å². The van der Waals surface area contributed by atoms with Crippen molar-refractivity contribution < 1.29 is 9.53 Å². The first-order valence-electron chi connectivity index (χ1n) is 10.1. The number of carbonyl (C=O) groups excluding carboxylic acids is 1. The van der Waals surface area contributed by atoms with E-state index >= 15 is 0 Å². The number of carbonyl (C=O) groups is 1. The Hall–Kier alpha value is -2.12. The van der Waals surface area contributed by atoms with Crippen molar-refractivity contribution in [3.63, 3.8) is 0 Å². The normalized spacial score (nSPS) is 17.4. The van der Waals surface area contributed by atoms with Gasteiger partial charge < -0.3 is 25.2 Å². The van der Waals surface area contributed by atoms with Gasteiger partial charge >= 0.3 is 0 Å². The molecule has 2 N–H and O–H groups in total. The number of hydrogen-bond acceptors (Lipinski definition) is 4. The molecular weight excluding hydrogens is 354 g/mol. The highest BCUT2D eigenvalue weighted by molar-refractivity contribution is 5.80. The van der Waals surface area contributed by atoms with Crippen LogP contribution in [0, 0.1) is 5.92 Å². The molecule has 1 fully saturated rings. The minimum atomic E-state index is 0.255. The van der Waals surface area contributed by atoms with Gasteiger partial charge in [0, 0.05) is 65.8 Å². The van der Waals surface area contributed by atoms with E-state index in [0.29, 0.717) is 12.3 Å². The van der Waals surface area contributed by atoms with E-state index in [4.69, 9.17) is 4.74 Å². The average molecular weight is 390 g/mol. The van der Waals surface area contributed by atoms with Gasteiger partial charge in [0.15, 0.2) is 5.96 Å². The number of ether oxygens (including phenoxy) is 1. The number of guanidine groups is 1. The summed E-state index contributed by atoms with van der Waals surface area (Å²) in [6, 6.07) is 10.3. The van der Waals surface area contributed by atoms with Crippen LogP contribution in [-0.4, -0.2) is 88.7 Å². The maximum Gasteiger partial charge on any atom is 0.223 e. The zero-order valence-electron chi connectivity index (χ0n) is 17.5. The maximum atomic E-state index is 12.3. The zero-order chi connectivity index (χ0) is 20.2. The van der Waals surface area contributed by atoms with Crippen molar-refractivity contribution >= 4 is 11.9 Å². The molecule has 0 aromatic heterocycles. The molecule has 0 saturated carbocycles. The van der Waals surface area contributed by atoms with Crippen molar-refractivity contribution in [2.24, 2.45) is 10.9 Å². The largest absolute Gasteiger partial charge is 0.383 e. The first-order valence-corrected chi connectivity index (χ1v) is 10.1. The molecule has 0 radical (unpaired) electrons. The van der Waals surface area contributed by atoms with Crippen molar-refractivity contribution in [3.8, 4) is 0 Å². The van der Waals surface area contributed by atoms with Crippen LogP contribution in [0.3, 0.4) is 0 Å². The molecule has 0 spiro atoms. The summed E-state index contributed by atoms with van der Waals surface area (Å²) in [5, 5.41) is 6.69. The number of nitrogens with zero attached hydrogens (tertiary/aromatic N) is 3. The van der Waals surface area contributed by atoms with Gasteiger partial charge in [-0.25, -0.2) is 0 Å². The number of benzene rings is 1. The van der Waals surface area contributed by atoms with Crippen LogP contribution in [0.25, 0.3) is 0 Å². The van der Waals surface area contributed by atoms with Crippen LogP contribution in [0.4, 0.5) is 0 Å². The summed E-state index contributed by atoms with van der Waals surface area (Å²) in [5.41, 5.74) is 1.27. The number of methoxy groups -OCH3 is 1. The van der Waals surface area contributed by atoms with E-state index in [0.717, 1.165) is 58.3 Å². The summed E-state index contributed by atoms with van der Waals surface area (Å²) in [4.78, 5) is 20.8. The number of amides is 1. The number of nitrogens with one attached hydrogen (secondary N) is 2. The lowest BCUT2D eigenvalue weighted by Gasteiger charge is -2.19. The Morgan fingerprint density at radius 1 is 1.29 bits per heavy atom. The molecule has 7 nitrogen and oxygen atoms in total. The molecule has 0 bridgehead atoms. The Morgan fingerprint density at radius 3 is 2.79 bits per heavy atom. The van der Waals surface area contributed by atoms with Crippen molar-refractivity contribution in [2.75, 3.05) is 67.1 Å². The minimum Gasteiger partial charge on any atom is -0.383 e. The molecule has 2 rings (SSSR count). The second kappa shape index (κ2) is 12.4. The van der Waals surface area contributed by atoms with Gasteiger partial charge in [-0.2, -0.15) is 0 Å². The van der Waals surface area contributed by atoms with Gasteiger partial charge in [0.1, 0.15) is 0 Å². The van der Waals surface area contributed by atoms with E-state index in [1.165, 1.54) is 5.56 Å². The molecule has 7 heteroatoms. The summed E-state index contributed by atoms with van der Waals surface area (Å²) in [7, 11) is 5.56. The van der Waals surface area contributed by atoms with Gasteiger partial charge in [0.2, 0.25) is 5.91 Å². The third kappa shape index (κ3) is 7.86. The first-order chi connectivity index (χ1) is 13.6. The quantitative estimate of drug-likeness (QED) is 0.433. The van der Waals surface area contributed by atoms with Gasteiger partial charge in [0.25, 0.3) is 0 Å². The van der Waals surface area contributed by atoms with Crippen molar-refractivity contribution in [3.05, 3.63) is 35.9 Å². The Balaban J connectivity index is 1.65. The lowest BCUT2D eigenvalue weighted by molar-refractivity contribution is -0.127. The molecule has 0 aliphatic carbocycles. The predicted octanol–water partition coefficient (Wildman–Crippen LogP) is 0.821. The second-order valence-electron chi connectivity index (χ2n) is 7.32. The number of likely N-dealkylation sites (tertiary alicyclic amines) is 1. The van der Waals surface area contributed by atoms with Gasteiger partial charge in [0.05, 0.1) is 6.61 Å². The van der Waals surface area contributed by atoms with Gasteiger partial charge in [-0.15, -0.1) is 0 Å². The highest BCUT2D eigenvalue weighted by atomic mass is 16.5. The molecule has 1 aromatic carbocycles. The zero-order valence-corrected chi connectivity index (χ0v) is 17.5.